The van der Waals surface area contributed by atoms with Crippen LogP contribution in [0.4, 0.5) is 0 Å². The maximum absolute atomic E-state index is 11.2. The van der Waals surface area contributed by atoms with Gasteiger partial charge in [-0.3, -0.25) is 4.79 Å². The molecule has 0 aromatic carbocycles. The van der Waals surface area contributed by atoms with Crippen molar-refractivity contribution in [3.8, 4) is 0 Å². The molecule has 0 aliphatic heterocycles. The third-order valence-electron chi connectivity index (χ3n) is 1.58. The van der Waals surface area contributed by atoms with Crippen LogP contribution in [0.15, 0.2) is 23.3 Å². The highest BCUT2D eigenvalue weighted by atomic mass is 16.1. The Hall–Kier alpha value is -1.71. The summed E-state index contributed by atoms with van der Waals surface area (Å²) >= 11 is 0. The lowest BCUT2D eigenvalue weighted by Crippen LogP contribution is -2.04. The van der Waals surface area contributed by atoms with E-state index in [-0.39, 0.29) is 5.43 Å². The van der Waals surface area contributed by atoms with Gasteiger partial charge in [-0.15, -0.1) is 0 Å². The zero-order valence-corrected chi connectivity index (χ0v) is 6.53. The first-order valence-corrected chi connectivity index (χ1v) is 3.58. The molecule has 0 bridgehead atoms. The van der Waals surface area contributed by atoms with Gasteiger partial charge in [0.1, 0.15) is 0 Å². The van der Waals surface area contributed by atoms with E-state index in [1.807, 2.05) is 6.92 Å². The molecule has 12 heavy (non-hydrogen) atoms. The third kappa shape index (κ3) is 0.972. The number of pyridine rings is 1. The highest BCUT2D eigenvalue weighted by Gasteiger charge is 1.98. The van der Waals surface area contributed by atoms with Crippen LogP contribution in [0.2, 0.25) is 0 Å². The van der Waals surface area contributed by atoms with Gasteiger partial charge >= 0.3 is 0 Å². The van der Waals surface area contributed by atoms with Crippen LogP contribution in [-0.4, -0.2) is 15.0 Å². The lowest BCUT2D eigenvalue weighted by molar-refractivity contribution is 1.14. The number of rotatable bonds is 0. The van der Waals surface area contributed by atoms with Gasteiger partial charge in [-0.25, -0.2) is 9.97 Å². The Bertz CT molecular complexity index is 475. The predicted octanol–water partition coefficient (Wildman–Crippen LogP) is 0.627. The summed E-state index contributed by atoms with van der Waals surface area (Å²) in [5, 5.41) is 0. The van der Waals surface area contributed by atoms with Crippen LogP contribution in [-0.2, 0) is 0 Å². The number of nitrogens with zero attached hydrogens (tertiary/aromatic N) is 2. The van der Waals surface area contributed by atoms with E-state index in [1.54, 1.807) is 12.4 Å². The van der Waals surface area contributed by atoms with Gasteiger partial charge in [0.05, 0.1) is 5.69 Å². The fourth-order valence-electron chi connectivity index (χ4n) is 1.03. The summed E-state index contributed by atoms with van der Waals surface area (Å²) in [7, 11) is 0. The quantitative estimate of drug-likeness (QED) is 0.616. The van der Waals surface area contributed by atoms with E-state index in [1.165, 1.54) is 6.07 Å². The predicted molar refractivity (Wildman–Crippen MR) is 44.9 cm³/mol. The molecule has 4 heteroatoms. The molecule has 4 nitrogen and oxygen atoms in total. The summed E-state index contributed by atoms with van der Waals surface area (Å²) < 4.78 is 0. The smallest absolute Gasteiger partial charge is 0.209 e. The van der Waals surface area contributed by atoms with E-state index in [0.29, 0.717) is 11.2 Å². The van der Waals surface area contributed by atoms with Gasteiger partial charge in [-0.2, -0.15) is 0 Å². The molecule has 2 heterocycles. The van der Waals surface area contributed by atoms with Crippen molar-refractivity contribution in [2.75, 3.05) is 0 Å². The second kappa shape index (κ2) is 2.41. The van der Waals surface area contributed by atoms with Gasteiger partial charge in [0.15, 0.2) is 11.2 Å². The van der Waals surface area contributed by atoms with E-state index in [9.17, 15) is 4.79 Å². The molecule has 0 fully saturated rings. The second-order valence-corrected chi connectivity index (χ2v) is 2.55. The minimum Gasteiger partial charge on any atom is -0.345 e. The molecule has 2 rings (SSSR count). The molecule has 0 unspecified atom stereocenters. The van der Waals surface area contributed by atoms with Crippen molar-refractivity contribution in [1.29, 1.82) is 0 Å². The fourth-order valence-corrected chi connectivity index (χ4v) is 1.03. The van der Waals surface area contributed by atoms with Crippen LogP contribution in [0, 0.1) is 6.92 Å². The molecule has 60 valence electrons. The molecule has 2 aromatic heterocycles. The van der Waals surface area contributed by atoms with Crippen molar-refractivity contribution >= 4 is 11.2 Å². The lowest BCUT2D eigenvalue weighted by Gasteiger charge is -1.94. The van der Waals surface area contributed by atoms with Gasteiger partial charge in [-0.1, -0.05) is 0 Å². The van der Waals surface area contributed by atoms with Gasteiger partial charge in [-0.05, 0) is 6.92 Å². The number of fused-ring (bicyclic) bond motifs is 1. The Morgan fingerprint density at radius 1 is 1.50 bits per heavy atom. The van der Waals surface area contributed by atoms with Gasteiger partial charge in [0.25, 0.3) is 0 Å². The van der Waals surface area contributed by atoms with Crippen molar-refractivity contribution in [3.05, 3.63) is 34.4 Å². The molecule has 2 aromatic rings. The summed E-state index contributed by atoms with van der Waals surface area (Å²) in [6, 6.07) is 1.44. The first kappa shape index (κ1) is 6.97. The molecule has 0 aliphatic rings. The lowest BCUT2D eigenvalue weighted by atomic mass is 10.4. The monoisotopic (exact) mass is 161 g/mol. The summed E-state index contributed by atoms with van der Waals surface area (Å²) in [4.78, 5) is 22.1. The molecular weight excluding hydrogens is 154 g/mol. The molecule has 0 atom stereocenters. The van der Waals surface area contributed by atoms with E-state index in [0.717, 1.165) is 5.69 Å². The Balaban J connectivity index is 2.96. The highest BCUT2D eigenvalue weighted by Crippen LogP contribution is 1.99. The summed E-state index contributed by atoms with van der Waals surface area (Å²) in [6.45, 7) is 1.83. The first-order valence-electron chi connectivity index (χ1n) is 3.58. The Morgan fingerprint density at radius 2 is 2.33 bits per heavy atom. The summed E-state index contributed by atoms with van der Waals surface area (Å²) in [5.74, 6) is 0. The molecule has 0 saturated carbocycles. The minimum atomic E-state index is -0.101. The maximum atomic E-state index is 11.2. The van der Waals surface area contributed by atoms with Crippen molar-refractivity contribution in [3.63, 3.8) is 0 Å². The van der Waals surface area contributed by atoms with Crippen molar-refractivity contribution in [2.45, 2.75) is 6.92 Å². The fraction of sp³-hybridized carbons (Fsp3) is 0.125. The van der Waals surface area contributed by atoms with Crippen LogP contribution >= 0.6 is 0 Å². The van der Waals surface area contributed by atoms with E-state index in [2.05, 4.69) is 15.0 Å². The van der Waals surface area contributed by atoms with E-state index >= 15 is 0 Å². The van der Waals surface area contributed by atoms with Crippen LogP contribution in [0.1, 0.15) is 5.69 Å². The third-order valence-corrected chi connectivity index (χ3v) is 1.58. The normalized spacial score (nSPS) is 10.4. The molecule has 0 spiro atoms. The molecular formula is C8H7N3O. The summed E-state index contributed by atoms with van der Waals surface area (Å²) in [5.41, 5.74) is 1.63. The SMILES string of the molecule is Cc1cnc2c(=O)cc[nH]c2n1. The molecule has 0 radical (unpaired) electrons. The molecule has 0 aliphatic carbocycles. The second-order valence-electron chi connectivity index (χ2n) is 2.55. The van der Waals surface area contributed by atoms with Crippen LogP contribution in [0.3, 0.4) is 0 Å². The maximum Gasteiger partial charge on any atom is 0.209 e. The van der Waals surface area contributed by atoms with E-state index in [4.69, 9.17) is 0 Å². The van der Waals surface area contributed by atoms with Crippen LogP contribution in [0.5, 0.6) is 0 Å². The van der Waals surface area contributed by atoms with Gasteiger partial charge < -0.3 is 4.98 Å². The number of aryl methyl sites for hydroxylation is 1. The standard InChI is InChI=1S/C8H7N3O/c1-5-4-10-7-6(12)2-3-9-8(7)11-5/h2-4H,1H3,(H,9,11,12). The Morgan fingerprint density at radius 3 is 3.17 bits per heavy atom. The average molecular weight is 161 g/mol. The van der Waals surface area contributed by atoms with Crippen molar-refractivity contribution in [1.82, 2.24) is 15.0 Å². The zero-order valence-electron chi connectivity index (χ0n) is 6.53. The first-order chi connectivity index (χ1) is 5.77. The Labute approximate surface area is 68.3 Å². The number of H-pyrrole nitrogens is 1. The zero-order chi connectivity index (χ0) is 8.55. The minimum absolute atomic E-state index is 0.101. The number of aromatic nitrogens is 3. The topological polar surface area (TPSA) is 58.6 Å². The van der Waals surface area contributed by atoms with Gasteiger partial charge in [0, 0.05) is 18.5 Å². The Kier molecular flexibility index (Phi) is 1.40. The number of nitrogens with one attached hydrogen (secondary N) is 1. The van der Waals surface area contributed by atoms with Crippen LogP contribution < -0.4 is 5.43 Å². The number of aromatic amines is 1. The van der Waals surface area contributed by atoms with Gasteiger partial charge in [0.2, 0.25) is 5.43 Å². The highest BCUT2D eigenvalue weighted by molar-refractivity contribution is 5.68. The largest absolute Gasteiger partial charge is 0.345 e. The number of hydrogen-bond acceptors (Lipinski definition) is 3. The van der Waals surface area contributed by atoms with Crippen molar-refractivity contribution < 1.29 is 0 Å². The summed E-state index contributed by atoms with van der Waals surface area (Å²) in [6.07, 6.45) is 3.15. The number of hydrogen-bond donors (Lipinski definition) is 1. The molecule has 0 saturated heterocycles. The average Bonchev–Trinajstić information content (AvgIpc) is 2.04. The van der Waals surface area contributed by atoms with E-state index < -0.39 is 0 Å². The van der Waals surface area contributed by atoms with Crippen molar-refractivity contribution in [2.24, 2.45) is 0 Å². The van der Waals surface area contributed by atoms with Crippen LogP contribution in [0.25, 0.3) is 11.2 Å². The molecule has 0 amide bonds. The molecule has 1 N–H and O–H groups in total.